The molecule has 0 amide bonds. The third-order valence-electron chi connectivity index (χ3n) is 4.33. The molecule has 1 aliphatic rings. The molecule has 2 rings (SSSR count). The first-order valence-corrected chi connectivity index (χ1v) is 7.18. The summed E-state index contributed by atoms with van der Waals surface area (Å²) in [6.45, 7) is 7.69. The van der Waals surface area contributed by atoms with Crippen molar-refractivity contribution in [1.82, 2.24) is 0 Å². The van der Waals surface area contributed by atoms with Crippen LogP contribution in [0.2, 0.25) is 0 Å². The molecule has 1 heterocycles. The summed E-state index contributed by atoms with van der Waals surface area (Å²) in [6, 6.07) is 5.89. The highest BCUT2D eigenvalue weighted by atomic mass is 16.5. The molecule has 0 aromatic heterocycles. The zero-order valence-electron chi connectivity index (χ0n) is 12.7. The summed E-state index contributed by atoms with van der Waals surface area (Å²) in [5, 5.41) is 0. The largest absolute Gasteiger partial charge is 0.465 e. The van der Waals surface area contributed by atoms with Crippen LogP contribution >= 0.6 is 0 Å². The lowest BCUT2D eigenvalue weighted by Crippen LogP contribution is -2.46. The number of esters is 1. The number of nitrogens with zero attached hydrogens (tertiary/aromatic N) is 1. The van der Waals surface area contributed by atoms with E-state index in [1.54, 1.807) is 6.07 Å². The van der Waals surface area contributed by atoms with Gasteiger partial charge in [-0.25, -0.2) is 4.79 Å². The van der Waals surface area contributed by atoms with Gasteiger partial charge in [0.15, 0.2) is 0 Å². The number of carbonyl (C=O) groups is 1. The van der Waals surface area contributed by atoms with Gasteiger partial charge in [-0.1, -0.05) is 13.8 Å². The number of nitrogen functional groups attached to an aromatic ring is 1. The first-order valence-electron chi connectivity index (χ1n) is 7.18. The second-order valence-electron chi connectivity index (χ2n) is 5.98. The summed E-state index contributed by atoms with van der Waals surface area (Å²) < 4.78 is 4.89. The van der Waals surface area contributed by atoms with Gasteiger partial charge in [0.1, 0.15) is 0 Å². The molecule has 1 aliphatic heterocycles. The number of benzene rings is 1. The standard InChI is InChI=1S/C16H24N2O2/c1-10-7-11(2)12(3)18(9-10)15-6-5-13(17)8-14(15)16(19)20-4/h5-6,8,10-12H,7,9,17H2,1-4H3. The Balaban J connectivity index is 2.43. The molecular formula is C16H24N2O2. The summed E-state index contributed by atoms with van der Waals surface area (Å²) in [7, 11) is 1.40. The average Bonchev–Trinajstić information content (AvgIpc) is 2.42. The molecule has 0 saturated carbocycles. The smallest absolute Gasteiger partial charge is 0.340 e. The quantitative estimate of drug-likeness (QED) is 0.666. The van der Waals surface area contributed by atoms with Crippen LogP contribution in [0.3, 0.4) is 0 Å². The van der Waals surface area contributed by atoms with E-state index in [0.717, 1.165) is 12.2 Å². The topological polar surface area (TPSA) is 55.6 Å². The SMILES string of the molecule is COC(=O)c1cc(N)ccc1N1CC(C)CC(C)C1C. The van der Waals surface area contributed by atoms with Gasteiger partial charge in [-0.2, -0.15) is 0 Å². The van der Waals surface area contributed by atoms with Crippen LogP contribution in [0.15, 0.2) is 18.2 Å². The molecule has 3 unspecified atom stereocenters. The number of ether oxygens (including phenoxy) is 1. The van der Waals surface area contributed by atoms with Crippen LogP contribution in [0.4, 0.5) is 11.4 Å². The van der Waals surface area contributed by atoms with Crippen molar-refractivity contribution in [2.75, 3.05) is 24.3 Å². The van der Waals surface area contributed by atoms with Crippen LogP contribution in [0.5, 0.6) is 0 Å². The van der Waals surface area contributed by atoms with Gasteiger partial charge < -0.3 is 15.4 Å². The second kappa shape index (κ2) is 5.73. The number of piperidine rings is 1. The van der Waals surface area contributed by atoms with E-state index in [9.17, 15) is 4.79 Å². The highest BCUT2D eigenvalue weighted by Crippen LogP contribution is 2.34. The Kier molecular flexibility index (Phi) is 4.21. The van der Waals surface area contributed by atoms with E-state index in [1.807, 2.05) is 12.1 Å². The fraction of sp³-hybridized carbons (Fsp3) is 0.562. The fourth-order valence-electron chi connectivity index (χ4n) is 3.11. The van der Waals surface area contributed by atoms with Crippen molar-refractivity contribution in [2.24, 2.45) is 11.8 Å². The van der Waals surface area contributed by atoms with Crippen LogP contribution in [0, 0.1) is 11.8 Å². The molecule has 20 heavy (non-hydrogen) atoms. The average molecular weight is 276 g/mol. The Morgan fingerprint density at radius 1 is 1.35 bits per heavy atom. The zero-order chi connectivity index (χ0) is 14.9. The predicted molar refractivity (Wildman–Crippen MR) is 81.9 cm³/mol. The molecule has 0 spiro atoms. The van der Waals surface area contributed by atoms with Crippen molar-refractivity contribution < 1.29 is 9.53 Å². The van der Waals surface area contributed by atoms with Crippen molar-refractivity contribution in [3.63, 3.8) is 0 Å². The molecule has 1 saturated heterocycles. The molecule has 1 aromatic rings. The summed E-state index contributed by atoms with van der Waals surface area (Å²) in [4.78, 5) is 14.3. The molecule has 0 radical (unpaired) electrons. The van der Waals surface area contributed by atoms with Gasteiger partial charge in [0.05, 0.1) is 18.4 Å². The van der Waals surface area contributed by atoms with E-state index in [-0.39, 0.29) is 5.97 Å². The lowest BCUT2D eigenvalue weighted by atomic mass is 9.85. The molecule has 110 valence electrons. The molecule has 0 bridgehead atoms. The van der Waals surface area contributed by atoms with E-state index in [4.69, 9.17) is 10.5 Å². The van der Waals surface area contributed by atoms with Gasteiger partial charge >= 0.3 is 5.97 Å². The minimum Gasteiger partial charge on any atom is -0.465 e. The molecule has 4 nitrogen and oxygen atoms in total. The molecule has 3 atom stereocenters. The highest BCUT2D eigenvalue weighted by molar-refractivity contribution is 5.97. The van der Waals surface area contributed by atoms with Crippen molar-refractivity contribution in [3.05, 3.63) is 23.8 Å². The number of anilines is 2. The zero-order valence-corrected chi connectivity index (χ0v) is 12.7. The number of hydrogen-bond donors (Lipinski definition) is 1. The van der Waals surface area contributed by atoms with E-state index in [1.165, 1.54) is 13.5 Å². The minimum atomic E-state index is -0.328. The maximum Gasteiger partial charge on any atom is 0.340 e. The number of carbonyl (C=O) groups excluding carboxylic acids is 1. The Hall–Kier alpha value is -1.71. The van der Waals surface area contributed by atoms with Gasteiger partial charge in [-0.15, -0.1) is 0 Å². The fourth-order valence-corrected chi connectivity index (χ4v) is 3.11. The van der Waals surface area contributed by atoms with Crippen molar-refractivity contribution in [3.8, 4) is 0 Å². The van der Waals surface area contributed by atoms with Crippen LogP contribution < -0.4 is 10.6 Å². The van der Waals surface area contributed by atoms with Gasteiger partial charge in [-0.05, 0) is 43.4 Å². The molecular weight excluding hydrogens is 252 g/mol. The normalized spacial score (nSPS) is 26.4. The molecule has 2 N–H and O–H groups in total. The maximum absolute atomic E-state index is 12.0. The summed E-state index contributed by atoms with van der Waals surface area (Å²) in [6.07, 6.45) is 1.22. The second-order valence-corrected chi connectivity index (χ2v) is 5.98. The van der Waals surface area contributed by atoms with E-state index < -0.39 is 0 Å². The molecule has 1 aromatic carbocycles. The maximum atomic E-state index is 12.0. The van der Waals surface area contributed by atoms with Crippen LogP contribution in [0.1, 0.15) is 37.6 Å². The monoisotopic (exact) mass is 276 g/mol. The summed E-state index contributed by atoms with van der Waals surface area (Å²) >= 11 is 0. The lowest BCUT2D eigenvalue weighted by Gasteiger charge is -2.43. The van der Waals surface area contributed by atoms with E-state index >= 15 is 0 Å². The van der Waals surface area contributed by atoms with Crippen molar-refractivity contribution in [1.29, 1.82) is 0 Å². The van der Waals surface area contributed by atoms with E-state index in [0.29, 0.717) is 29.1 Å². The number of hydrogen-bond acceptors (Lipinski definition) is 4. The first-order chi connectivity index (χ1) is 9.43. The molecule has 1 fully saturated rings. The third kappa shape index (κ3) is 2.74. The molecule has 4 heteroatoms. The van der Waals surface area contributed by atoms with Crippen molar-refractivity contribution in [2.45, 2.75) is 33.2 Å². The lowest BCUT2D eigenvalue weighted by molar-refractivity contribution is 0.0601. The summed E-state index contributed by atoms with van der Waals surface area (Å²) in [5.41, 5.74) is 7.88. The number of rotatable bonds is 2. The highest BCUT2D eigenvalue weighted by Gasteiger charge is 2.31. The van der Waals surface area contributed by atoms with Gasteiger partial charge in [-0.3, -0.25) is 0 Å². The third-order valence-corrected chi connectivity index (χ3v) is 4.33. The predicted octanol–water partition coefficient (Wildman–Crippen LogP) is 2.93. The van der Waals surface area contributed by atoms with Crippen LogP contribution in [-0.4, -0.2) is 25.7 Å². The van der Waals surface area contributed by atoms with Gasteiger partial charge in [0, 0.05) is 18.3 Å². The minimum absolute atomic E-state index is 0.328. The van der Waals surface area contributed by atoms with Gasteiger partial charge in [0.25, 0.3) is 0 Å². The van der Waals surface area contributed by atoms with E-state index in [2.05, 4.69) is 25.7 Å². The van der Waals surface area contributed by atoms with Crippen LogP contribution in [-0.2, 0) is 4.74 Å². The van der Waals surface area contributed by atoms with Gasteiger partial charge in [0.2, 0.25) is 0 Å². The first kappa shape index (κ1) is 14.7. The number of methoxy groups -OCH3 is 1. The Labute approximate surface area is 120 Å². The van der Waals surface area contributed by atoms with Crippen molar-refractivity contribution >= 4 is 17.3 Å². The Bertz CT molecular complexity index is 501. The number of nitrogens with two attached hydrogens (primary N) is 1. The summed E-state index contributed by atoms with van der Waals surface area (Å²) in [5.74, 6) is 0.886. The molecule has 0 aliphatic carbocycles. The Morgan fingerprint density at radius 2 is 2.05 bits per heavy atom. The van der Waals surface area contributed by atoms with Crippen LogP contribution in [0.25, 0.3) is 0 Å². The Morgan fingerprint density at radius 3 is 2.70 bits per heavy atom.